The SMILES string of the molecule is Cc1noc(C2CCN(C(=O)c3ccc(-n4ccnc4)c([N+](=O)[O-])c3)CC2)n1. The van der Waals surface area contributed by atoms with Crippen LogP contribution in [0.1, 0.15) is 40.8 Å². The molecule has 1 aliphatic rings. The molecule has 28 heavy (non-hydrogen) atoms. The molecule has 0 saturated carbocycles. The van der Waals surface area contributed by atoms with Gasteiger partial charge in [-0.2, -0.15) is 4.98 Å². The van der Waals surface area contributed by atoms with Gasteiger partial charge in [-0.1, -0.05) is 5.16 Å². The topological polar surface area (TPSA) is 120 Å². The van der Waals surface area contributed by atoms with Crippen LogP contribution < -0.4 is 0 Å². The van der Waals surface area contributed by atoms with E-state index in [4.69, 9.17) is 4.52 Å². The number of aryl methyl sites for hydroxylation is 1. The van der Waals surface area contributed by atoms with E-state index in [1.165, 1.54) is 18.6 Å². The lowest BCUT2D eigenvalue weighted by molar-refractivity contribution is -0.384. The number of nitro groups is 1. The Kier molecular flexibility index (Phi) is 4.60. The number of piperidine rings is 1. The van der Waals surface area contributed by atoms with Crippen LogP contribution in [-0.4, -0.2) is 48.5 Å². The van der Waals surface area contributed by atoms with Crippen LogP contribution in [0.15, 0.2) is 41.4 Å². The Bertz CT molecular complexity index is 1010. The van der Waals surface area contributed by atoms with Crippen LogP contribution in [-0.2, 0) is 0 Å². The summed E-state index contributed by atoms with van der Waals surface area (Å²) in [6.45, 7) is 2.83. The second kappa shape index (κ2) is 7.22. The van der Waals surface area contributed by atoms with E-state index < -0.39 is 4.92 Å². The van der Waals surface area contributed by atoms with Crippen LogP contribution >= 0.6 is 0 Å². The summed E-state index contributed by atoms with van der Waals surface area (Å²) in [5.74, 6) is 1.10. The largest absolute Gasteiger partial charge is 0.339 e. The molecule has 0 aliphatic carbocycles. The van der Waals surface area contributed by atoms with Crippen LogP contribution in [0.5, 0.6) is 0 Å². The molecule has 4 rings (SSSR count). The van der Waals surface area contributed by atoms with E-state index in [9.17, 15) is 14.9 Å². The van der Waals surface area contributed by atoms with Crippen molar-refractivity contribution in [1.82, 2.24) is 24.6 Å². The third kappa shape index (κ3) is 3.36. The van der Waals surface area contributed by atoms with E-state index in [1.54, 1.807) is 34.7 Å². The van der Waals surface area contributed by atoms with Crippen molar-refractivity contribution in [2.24, 2.45) is 0 Å². The van der Waals surface area contributed by atoms with Gasteiger partial charge in [0, 0.05) is 43.0 Å². The number of hydrogen-bond donors (Lipinski definition) is 0. The van der Waals surface area contributed by atoms with Crippen LogP contribution in [0.25, 0.3) is 5.69 Å². The predicted molar refractivity (Wildman–Crippen MR) is 97.1 cm³/mol. The fraction of sp³-hybridized carbons (Fsp3) is 0.333. The third-order valence-corrected chi connectivity index (χ3v) is 4.88. The summed E-state index contributed by atoms with van der Waals surface area (Å²) in [6, 6.07) is 4.50. The number of benzene rings is 1. The first-order valence-corrected chi connectivity index (χ1v) is 8.89. The number of hydrogen-bond acceptors (Lipinski definition) is 7. The maximum atomic E-state index is 12.9. The van der Waals surface area contributed by atoms with Gasteiger partial charge in [0.25, 0.3) is 11.6 Å². The summed E-state index contributed by atoms with van der Waals surface area (Å²) < 4.78 is 6.77. The number of nitrogens with zero attached hydrogens (tertiary/aromatic N) is 6. The first-order chi connectivity index (χ1) is 13.5. The first-order valence-electron chi connectivity index (χ1n) is 8.89. The van der Waals surface area contributed by atoms with Crippen molar-refractivity contribution in [2.75, 3.05) is 13.1 Å². The number of carbonyl (C=O) groups excluding carboxylic acids is 1. The highest BCUT2D eigenvalue weighted by Gasteiger charge is 2.29. The number of carbonyl (C=O) groups is 1. The maximum Gasteiger partial charge on any atom is 0.294 e. The van der Waals surface area contributed by atoms with Crippen molar-refractivity contribution in [2.45, 2.75) is 25.7 Å². The fourth-order valence-electron chi connectivity index (χ4n) is 3.41. The summed E-state index contributed by atoms with van der Waals surface area (Å²) >= 11 is 0. The van der Waals surface area contributed by atoms with Crippen molar-refractivity contribution in [1.29, 1.82) is 0 Å². The third-order valence-electron chi connectivity index (χ3n) is 4.88. The Morgan fingerprint density at radius 1 is 1.32 bits per heavy atom. The summed E-state index contributed by atoms with van der Waals surface area (Å²) in [5.41, 5.74) is 0.521. The molecule has 0 N–H and O–H groups in total. The molecule has 0 atom stereocenters. The second-order valence-electron chi connectivity index (χ2n) is 6.68. The van der Waals surface area contributed by atoms with Gasteiger partial charge in [-0.05, 0) is 31.9 Å². The summed E-state index contributed by atoms with van der Waals surface area (Å²) in [7, 11) is 0. The lowest BCUT2D eigenvalue weighted by Crippen LogP contribution is -2.38. The molecule has 1 amide bonds. The Morgan fingerprint density at radius 2 is 2.11 bits per heavy atom. The van der Waals surface area contributed by atoms with E-state index in [2.05, 4.69) is 15.1 Å². The highest BCUT2D eigenvalue weighted by molar-refractivity contribution is 5.95. The molecular formula is C18H18N6O4. The van der Waals surface area contributed by atoms with E-state index in [-0.39, 0.29) is 17.5 Å². The van der Waals surface area contributed by atoms with Gasteiger partial charge in [-0.3, -0.25) is 14.9 Å². The van der Waals surface area contributed by atoms with Gasteiger partial charge in [0.2, 0.25) is 5.89 Å². The van der Waals surface area contributed by atoms with Gasteiger partial charge in [-0.25, -0.2) is 4.98 Å². The van der Waals surface area contributed by atoms with E-state index >= 15 is 0 Å². The predicted octanol–water partition coefficient (Wildman–Crippen LogP) is 2.49. The molecule has 10 heteroatoms. The number of likely N-dealkylation sites (tertiary alicyclic amines) is 1. The number of rotatable bonds is 4. The molecule has 1 saturated heterocycles. The minimum atomic E-state index is -0.490. The van der Waals surface area contributed by atoms with Crippen LogP contribution in [0.3, 0.4) is 0 Å². The molecule has 3 heterocycles. The van der Waals surface area contributed by atoms with E-state index in [1.807, 2.05) is 0 Å². The highest BCUT2D eigenvalue weighted by atomic mass is 16.6. The van der Waals surface area contributed by atoms with Crippen molar-refractivity contribution >= 4 is 11.6 Å². The molecule has 0 spiro atoms. The van der Waals surface area contributed by atoms with Crippen molar-refractivity contribution in [3.05, 3.63) is 64.3 Å². The quantitative estimate of drug-likeness (QED) is 0.502. The molecule has 10 nitrogen and oxygen atoms in total. The normalized spacial score (nSPS) is 15.0. The molecule has 1 aromatic carbocycles. The monoisotopic (exact) mass is 382 g/mol. The minimum Gasteiger partial charge on any atom is -0.339 e. The van der Waals surface area contributed by atoms with Gasteiger partial charge >= 0.3 is 0 Å². The fourth-order valence-corrected chi connectivity index (χ4v) is 3.41. The number of imidazole rings is 1. The van der Waals surface area contributed by atoms with Crippen molar-refractivity contribution < 1.29 is 14.2 Å². The molecule has 1 aliphatic heterocycles. The van der Waals surface area contributed by atoms with E-state index in [0.717, 1.165) is 0 Å². The molecule has 3 aromatic rings. The Hall–Kier alpha value is -3.56. The molecule has 1 fully saturated rings. The lowest BCUT2D eigenvalue weighted by Gasteiger charge is -2.30. The molecular weight excluding hydrogens is 364 g/mol. The average molecular weight is 382 g/mol. The summed E-state index contributed by atoms with van der Waals surface area (Å²) in [6.07, 6.45) is 6.06. The first kappa shape index (κ1) is 17.8. The van der Waals surface area contributed by atoms with Gasteiger partial charge in [0.15, 0.2) is 5.82 Å². The lowest BCUT2D eigenvalue weighted by atomic mass is 9.96. The zero-order chi connectivity index (χ0) is 19.7. The Labute approximate surface area is 159 Å². The zero-order valence-electron chi connectivity index (χ0n) is 15.2. The highest BCUT2D eigenvalue weighted by Crippen LogP contribution is 2.29. The minimum absolute atomic E-state index is 0.128. The maximum absolute atomic E-state index is 12.9. The molecule has 2 aromatic heterocycles. The smallest absolute Gasteiger partial charge is 0.294 e. The molecule has 0 unspecified atom stereocenters. The standard InChI is InChI=1S/C18H18N6O4/c1-12-20-17(28-21-12)13-4-7-22(8-5-13)18(25)14-2-3-15(16(10-14)24(26)27)23-9-6-19-11-23/h2-3,6,9-11,13H,4-5,7-8H2,1H3. The Balaban J connectivity index is 1.51. The van der Waals surface area contributed by atoms with Crippen molar-refractivity contribution in [3.8, 4) is 5.69 Å². The number of aromatic nitrogens is 4. The number of nitro benzene ring substituents is 1. The summed E-state index contributed by atoms with van der Waals surface area (Å²) in [4.78, 5) is 33.7. The van der Waals surface area contributed by atoms with Gasteiger partial charge < -0.3 is 14.0 Å². The van der Waals surface area contributed by atoms with Gasteiger partial charge in [-0.15, -0.1) is 0 Å². The molecule has 0 bridgehead atoms. The molecule has 0 radical (unpaired) electrons. The molecule has 144 valence electrons. The number of amides is 1. The van der Waals surface area contributed by atoms with Gasteiger partial charge in [0.05, 0.1) is 11.3 Å². The van der Waals surface area contributed by atoms with Crippen LogP contribution in [0.2, 0.25) is 0 Å². The van der Waals surface area contributed by atoms with Crippen molar-refractivity contribution in [3.63, 3.8) is 0 Å². The average Bonchev–Trinajstić information content (AvgIpc) is 3.39. The van der Waals surface area contributed by atoms with Gasteiger partial charge in [0.1, 0.15) is 5.69 Å². The van der Waals surface area contributed by atoms with Crippen LogP contribution in [0.4, 0.5) is 5.69 Å². The Morgan fingerprint density at radius 3 is 2.71 bits per heavy atom. The zero-order valence-corrected chi connectivity index (χ0v) is 15.2. The van der Waals surface area contributed by atoms with E-state index in [0.29, 0.717) is 48.9 Å². The van der Waals surface area contributed by atoms with Crippen LogP contribution in [0, 0.1) is 17.0 Å². The second-order valence-corrected chi connectivity index (χ2v) is 6.68. The summed E-state index contributed by atoms with van der Waals surface area (Å²) in [5, 5.41) is 15.3.